The lowest BCUT2D eigenvalue weighted by atomic mass is 9.91. The number of carbonyl (C=O) groups is 1. The molecule has 0 spiro atoms. The quantitative estimate of drug-likeness (QED) is 0.635. The molecular weight excluding hydrogens is 266 g/mol. The molecule has 0 aromatic heterocycles. The number of aliphatic carboxylic acids is 1. The van der Waals surface area contributed by atoms with E-state index in [0.29, 0.717) is 24.5 Å². The summed E-state index contributed by atoms with van der Waals surface area (Å²) in [6.45, 7) is 6.79. The molecular formula is C16H31N3O2. The molecule has 122 valence electrons. The number of likely N-dealkylation sites (N-methyl/N-ethyl adjacent to an activating group) is 2. The Morgan fingerprint density at radius 2 is 1.95 bits per heavy atom. The second-order valence-electron chi connectivity index (χ2n) is 7.14. The topological polar surface area (TPSA) is 55.8 Å². The highest BCUT2D eigenvalue weighted by Gasteiger charge is 2.54. The summed E-state index contributed by atoms with van der Waals surface area (Å²) in [5, 5.41) is 13.4. The molecule has 0 aromatic carbocycles. The molecule has 0 bridgehead atoms. The molecule has 2 unspecified atom stereocenters. The van der Waals surface area contributed by atoms with E-state index in [-0.39, 0.29) is 0 Å². The zero-order valence-electron chi connectivity index (χ0n) is 13.9. The van der Waals surface area contributed by atoms with Crippen molar-refractivity contribution in [3.63, 3.8) is 0 Å². The Bertz CT molecular complexity index is 367. The molecule has 2 saturated carbocycles. The summed E-state index contributed by atoms with van der Waals surface area (Å²) in [5.41, 5.74) is -0.738. The van der Waals surface area contributed by atoms with Crippen LogP contribution in [0.1, 0.15) is 39.5 Å². The van der Waals surface area contributed by atoms with Gasteiger partial charge in [0.05, 0.1) is 0 Å². The second-order valence-corrected chi connectivity index (χ2v) is 7.14. The molecule has 2 fully saturated rings. The number of nitrogens with zero attached hydrogens (tertiary/aromatic N) is 2. The van der Waals surface area contributed by atoms with Crippen LogP contribution >= 0.6 is 0 Å². The number of rotatable bonds is 10. The highest BCUT2D eigenvalue weighted by Crippen LogP contribution is 2.42. The molecule has 2 rings (SSSR count). The number of hydrogen-bond acceptors (Lipinski definition) is 4. The lowest BCUT2D eigenvalue weighted by Crippen LogP contribution is -2.63. The van der Waals surface area contributed by atoms with Gasteiger partial charge in [-0.1, -0.05) is 6.92 Å². The van der Waals surface area contributed by atoms with Crippen molar-refractivity contribution in [2.75, 3.05) is 33.7 Å². The maximum absolute atomic E-state index is 12.1. The van der Waals surface area contributed by atoms with Crippen LogP contribution in [0.3, 0.4) is 0 Å². The van der Waals surface area contributed by atoms with Gasteiger partial charge in [-0.25, -0.2) is 0 Å². The maximum atomic E-state index is 12.1. The molecule has 0 saturated heterocycles. The predicted molar refractivity (Wildman–Crippen MR) is 84.5 cm³/mol. The third-order valence-corrected chi connectivity index (χ3v) is 4.81. The van der Waals surface area contributed by atoms with Gasteiger partial charge in [0.25, 0.3) is 0 Å². The highest BCUT2D eigenvalue weighted by atomic mass is 16.4. The summed E-state index contributed by atoms with van der Waals surface area (Å²) in [5.74, 6) is -0.358. The highest BCUT2D eigenvalue weighted by molar-refractivity contribution is 5.80. The molecule has 0 amide bonds. The van der Waals surface area contributed by atoms with Crippen LogP contribution in [-0.2, 0) is 4.79 Å². The molecule has 0 aromatic rings. The number of hydrogen-bond donors (Lipinski definition) is 2. The minimum Gasteiger partial charge on any atom is -0.480 e. The van der Waals surface area contributed by atoms with E-state index >= 15 is 0 Å². The predicted octanol–water partition coefficient (Wildman–Crippen LogP) is 1.24. The Hall–Kier alpha value is -0.650. The molecule has 2 aliphatic rings. The van der Waals surface area contributed by atoms with Gasteiger partial charge < -0.3 is 10.0 Å². The summed E-state index contributed by atoms with van der Waals surface area (Å²) < 4.78 is 0. The third kappa shape index (κ3) is 4.18. The zero-order chi connectivity index (χ0) is 15.6. The van der Waals surface area contributed by atoms with Gasteiger partial charge in [-0.05, 0) is 59.2 Å². The van der Waals surface area contributed by atoms with Crippen molar-refractivity contribution < 1.29 is 9.90 Å². The first kappa shape index (κ1) is 16.7. The molecule has 2 atom stereocenters. The third-order valence-electron chi connectivity index (χ3n) is 4.81. The van der Waals surface area contributed by atoms with E-state index in [0.717, 1.165) is 38.8 Å². The minimum absolute atomic E-state index is 0.302. The lowest BCUT2D eigenvalue weighted by Gasteiger charge is -2.39. The summed E-state index contributed by atoms with van der Waals surface area (Å²) in [7, 11) is 4.14. The molecule has 5 nitrogen and oxygen atoms in total. The Morgan fingerprint density at radius 1 is 1.33 bits per heavy atom. The maximum Gasteiger partial charge on any atom is 0.325 e. The smallest absolute Gasteiger partial charge is 0.325 e. The SMILES string of the molecule is CCN(CC(NC1CC1)(C(=O)O)C1CC1)C(C)CN(C)C. The first-order valence-corrected chi connectivity index (χ1v) is 8.29. The van der Waals surface area contributed by atoms with E-state index in [4.69, 9.17) is 0 Å². The molecule has 21 heavy (non-hydrogen) atoms. The van der Waals surface area contributed by atoms with E-state index in [1.165, 1.54) is 0 Å². The molecule has 2 N–H and O–H groups in total. The molecule has 5 heteroatoms. The molecule has 0 radical (unpaired) electrons. The van der Waals surface area contributed by atoms with Gasteiger partial charge >= 0.3 is 5.97 Å². The van der Waals surface area contributed by atoms with Crippen LogP contribution in [0.2, 0.25) is 0 Å². The Kier molecular flexibility index (Phi) is 5.28. The first-order chi connectivity index (χ1) is 9.89. The fraction of sp³-hybridized carbons (Fsp3) is 0.938. The summed E-state index contributed by atoms with van der Waals surface area (Å²) in [6.07, 6.45) is 4.35. The second kappa shape index (κ2) is 6.63. The van der Waals surface area contributed by atoms with Crippen molar-refractivity contribution in [3.05, 3.63) is 0 Å². The van der Waals surface area contributed by atoms with Crippen LogP contribution in [-0.4, -0.2) is 72.2 Å². The van der Waals surface area contributed by atoms with Crippen molar-refractivity contribution in [2.45, 2.75) is 57.2 Å². The van der Waals surface area contributed by atoms with Crippen LogP contribution in [0, 0.1) is 5.92 Å². The zero-order valence-corrected chi connectivity index (χ0v) is 13.9. The monoisotopic (exact) mass is 297 g/mol. The van der Waals surface area contributed by atoms with Crippen molar-refractivity contribution in [1.82, 2.24) is 15.1 Å². The standard InChI is InChI=1S/C16H31N3O2/c1-5-19(12(2)10-18(3)4)11-16(15(20)21,13-6-7-13)17-14-8-9-14/h12-14,17H,5-11H2,1-4H3,(H,20,21). The molecule has 2 aliphatic carbocycles. The van der Waals surface area contributed by atoms with E-state index in [2.05, 4.69) is 43.1 Å². The number of carboxylic acid groups (broad SMARTS) is 1. The van der Waals surface area contributed by atoms with Gasteiger partial charge in [-0.2, -0.15) is 0 Å². The van der Waals surface area contributed by atoms with E-state index < -0.39 is 11.5 Å². The molecule has 0 aliphatic heterocycles. The van der Waals surface area contributed by atoms with Crippen molar-refractivity contribution in [2.24, 2.45) is 5.92 Å². The van der Waals surface area contributed by atoms with Crippen molar-refractivity contribution >= 4 is 5.97 Å². The van der Waals surface area contributed by atoms with Gasteiger partial charge in [-0.3, -0.25) is 15.0 Å². The summed E-state index contributed by atoms with van der Waals surface area (Å²) in [6, 6.07) is 0.785. The Balaban J connectivity index is 2.09. The van der Waals surface area contributed by atoms with Crippen molar-refractivity contribution in [1.29, 1.82) is 0 Å². The average Bonchev–Trinajstić information content (AvgIpc) is 3.25. The number of carboxylic acids is 1. The van der Waals surface area contributed by atoms with Gasteiger partial charge in [0.2, 0.25) is 0 Å². The van der Waals surface area contributed by atoms with E-state index in [9.17, 15) is 9.90 Å². The fourth-order valence-corrected chi connectivity index (χ4v) is 3.31. The Morgan fingerprint density at radius 3 is 2.33 bits per heavy atom. The van der Waals surface area contributed by atoms with Crippen LogP contribution in [0.25, 0.3) is 0 Å². The first-order valence-electron chi connectivity index (χ1n) is 8.29. The van der Waals surface area contributed by atoms with Gasteiger partial charge in [-0.15, -0.1) is 0 Å². The summed E-state index contributed by atoms with van der Waals surface area (Å²) in [4.78, 5) is 16.6. The van der Waals surface area contributed by atoms with Crippen molar-refractivity contribution in [3.8, 4) is 0 Å². The average molecular weight is 297 g/mol. The van der Waals surface area contributed by atoms with Gasteiger partial charge in [0, 0.05) is 25.2 Å². The van der Waals surface area contributed by atoms with E-state index in [1.807, 2.05) is 0 Å². The van der Waals surface area contributed by atoms with Crippen LogP contribution in [0.4, 0.5) is 0 Å². The molecule has 0 heterocycles. The van der Waals surface area contributed by atoms with Gasteiger partial charge in [0.15, 0.2) is 0 Å². The van der Waals surface area contributed by atoms with Crippen LogP contribution < -0.4 is 5.32 Å². The normalized spacial score (nSPS) is 23.3. The largest absolute Gasteiger partial charge is 0.480 e. The van der Waals surface area contributed by atoms with Crippen LogP contribution in [0.5, 0.6) is 0 Å². The van der Waals surface area contributed by atoms with Crippen LogP contribution in [0.15, 0.2) is 0 Å². The number of nitrogens with one attached hydrogen (secondary N) is 1. The minimum atomic E-state index is -0.738. The van der Waals surface area contributed by atoms with E-state index in [1.54, 1.807) is 0 Å². The van der Waals surface area contributed by atoms with Gasteiger partial charge in [0.1, 0.15) is 5.54 Å². The lowest BCUT2D eigenvalue weighted by molar-refractivity contribution is -0.147. The Labute approximate surface area is 128 Å². The fourth-order valence-electron chi connectivity index (χ4n) is 3.31. The summed E-state index contributed by atoms with van der Waals surface area (Å²) >= 11 is 0.